The van der Waals surface area contributed by atoms with Gasteiger partial charge in [-0.1, -0.05) is 6.92 Å². The first-order chi connectivity index (χ1) is 9.26. The van der Waals surface area contributed by atoms with Crippen LogP contribution in [0.5, 0.6) is 0 Å². The molecule has 4 heteroatoms. The van der Waals surface area contributed by atoms with E-state index in [9.17, 15) is 9.90 Å². The van der Waals surface area contributed by atoms with Gasteiger partial charge in [0.1, 0.15) is 5.54 Å². The maximum atomic E-state index is 11.5. The largest absolute Gasteiger partial charge is 0.480 e. The summed E-state index contributed by atoms with van der Waals surface area (Å²) in [6, 6.07) is 0.808. The molecule has 118 valence electrons. The Balaban J connectivity index is 2.46. The summed E-state index contributed by atoms with van der Waals surface area (Å²) in [5, 5.41) is 12.6. The van der Waals surface area contributed by atoms with Crippen LogP contribution in [0.3, 0.4) is 0 Å². The lowest BCUT2D eigenvalue weighted by atomic mass is 9.90. The summed E-state index contributed by atoms with van der Waals surface area (Å²) in [5.74, 6) is 0.00894. The quantitative estimate of drug-likeness (QED) is 0.755. The minimum atomic E-state index is -0.807. The Hall–Kier alpha value is -0.610. The van der Waals surface area contributed by atoms with E-state index in [4.69, 9.17) is 0 Å². The van der Waals surface area contributed by atoms with Crippen LogP contribution in [0.2, 0.25) is 0 Å². The molecule has 0 bridgehead atoms. The lowest BCUT2D eigenvalue weighted by molar-refractivity contribution is -0.144. The Morgan fingerprint density at radius 1 is 1.45 bits per heavy atom. The molecule has 1 heterocycles. The summed E-state index contributed by atoms with van der Waals surface area (Å²) in [4.78, 5) is 14.0. The number of hydrogen-bond acceptors (Lipinski definition) is 3. The van der Waals surface area contributed by atoms with Crippen molar-refractivity contribution in [2.24, 2.45) is 5.92 Å². The summed E-state index contributed by atoms with van der Waals surface area (Å²) in [5.41, 5.74) is -0.807. The molecule has 20 heavy (non-hydrogen) atoms. The first kappa shape index (κ1) is 17.4. The second-order valence-electron chi connectivity index (χ2n) is 6.94. The first-order valence-corrected chi connectivity index (χ1v) is 8.01. The lowest BCUT2D eigenvalue weighted by Gasteiger charge is -2.38. The minimum absolute atomic E-state index is 0.185. The van der Waals surface area contributed by atoms with Crippen LogP contribution in [0.15, 0.2) is 0 Å². The molecular formula is C16H32N2O2. The van der Waals surface area contributed by atoms with Gasteiger partial charge in [0, 0.05) is 12.1 Å². The van der Waals surface area contributed by atoms with E-state index in [0.717, 1.165) is 25.4 Å². The molecule has 0 aromatic heterocycles. The smallest absolute Gasteiger partial charge is 0.323 e. The fraction of sp³-hybridized carbons (Fsp3) is 0.938. The lowest BCUT2D eigenvalue weighted by Crippen LogP contribution is -2.53. The van der Waals surface area contributed by atoms with Crippen LogP contribution in [0, 0.1) is 5.92 Å². The topological polar surface area (TPSA) is 52.6 Å². The molecule has 3 unspecified atom stereocenters. The van der Waals surface area contributed by atoms with Crippen LogP contribution in [0.4, 0.5) is 0 Å². The zero-order valence-electron chi connectivity index (χ0n) is 13.8. The molecule has 1 rings (SSSR count). The number of carbonyl (C=O) groups is 1. The van der Waals surface area contributed by atoms with Gasteiger partial charge in [-0.25, -0.2) is 0 Å². The fourth-order valence-corrected chi connectivity index (χ4v) is 3.25. The van der Waals surface area contributed by atoms with Crippen molar-refractivity contribution in [3.8, 4) is 0 Å². The maximum Gasteiger partial charge on any atom is 0.323 e. The van der Waals surface area contributed by atoms with E-state index in [-0.39, 0.29) is 6.04 Å². The van der Waals surface area contributed by atoms with Crippen molar-refractivity contribution in [2.75, 3.05) is 13.1 Å². The van der Waals surface area contributed by atoms with Crippen molar-refractivity contribution in [3.63, 3.8) is 0 Å². The van der Waals surface area contributed by atoms with Crippen molar-refractivity contribution < 1.29 is 9.90 Å². The number of piperidine rings is 1. The molecule has 0 aromatic rings. The highest BCUT2D eigenvalue weighted by atomic mass is 16.4. The van der Waals surface area contributed by atoms with Gasteiger partial charge < -0.3 is 10.0 Å². The number of rotatable bonds is 7. The van der Waals surface area contributed by atoms with Gasteiger partial charge in [0.25, 0.3) is 0 Å². The van der Waals surface area contributed by atoms with Crippen molar-refractivity contribution >= 4 is 5.97 Å². The molecule has 3 atom stereocenters. The van der Waals surface area contributed by atoms with Crippen molar-refractivity contribution in [3.05, 3.63) is 0 Å². The molecule has 0 saturated carbocycles. The monoisotopic (exact) mass is 284 g/mol. The van der Waals surface area contributed by atoms with Gasteiger partial charge in [0.05, 0.1) is 0 Å². The Labute approximate surface area is 123 Å². The van der Waals surface area contributed by atoms with E-state index >= 15 is 0 Å². The van der Waals surface area contributed by atoms with Crippen LogP contribution in [0.1, 0.15) is 60.3 Å². The Kier molecular flexibility index (Phi) is 6.46. The van der Waals surface area contributed by atoms with Gasteiger partial charge >= 0.3 is 5.97 Å². The maximum absolute atomic E-state index is 11.5. The summed E-state index contributed by atoms with van der Waals surface area (Å²) < 4.78 is 0. The molecule has 0 aliphatic carbocycles. The SMILES string of the molecule is CC(C)NC(C)(CCCN1CCCC(C)C1C)C(=O)O. The Morgan fingerprint density at radius 3 is 2.65 bits per heavy atom. The van der Waals surface area contributed by atoms with Crippen LogP contribution < -0.4 is 5.32 Å². The second-order valence-corrected chi connectivity index (χ2v) is 6.94. The first-order valence-electron chi connectivity index (χ1n) is 8.01. The summed E-state index contributed by atoms with van der Waals surface area (Å²) in [6.07, 6.45) is 4.20. The standard InChI is InChI=1S/C16H32N2O2/c1-12(2)17-16(5,15(19)20)9-7-11-18-10-6-8-13(3)14(18)4/h12-14,17H,6-11H2,1-5H3,(H,19,20). The van der Waals surface area contributed by atoms with Crippen LogP contribution in [-0.2, 0) is 4.79 Å². The molecule has 4 nitrogen and oxygen atoms in total. The Morgan fingerprint density at radius 2 is 2.10 bits per heavy atom. The van der Waals surface area contributed by atoms with E-state index in [1.807, 2.05) is 13.8 Å². The van der Waals surface area contributed by atoms with E-state index in [1.54, 1.807) is 6.92 Å². The number of aliphatic carboxylic acids is 1. The van der Waals surface area contributed by atoms with Gasteiger partial charge in [-0.2, -0.15) is 0 Å². The van der Waals surface area contributed by atoms with E-state index in [0.29, 0.717) is 12.5 Å². The van der Waals surface area contributed by atoms with E-state index in [2.05, 4.69) is 24.1 Å². The molecule has 0 spiro atoms. The molecule has 0 aromatic carbocycles. The summed E-state index contributed by atoms with van der Waals surface area (Å²) in [6.45, 7) is 12.6. The van der Waals surface area contributed by atoms with Gasteiger partial charge in [-0.05, 0) is 72.4 Å². The molecular weight excluding hydrogens is 252 g/mol. The zero-order valence-corrected chi connectivity index (χ0v) is 13.8. The second kappa shape index (κ2) is 7.41. The van der Waals surface area contributed by atoms with E-state index < -0.39 is 11.5 Å². The number of hydrogen-bond donors (Lipinski definition) is 2. The summed E-state index contributed by atoms with van der Waals surface area (Å²) in [7, 11) is 0. The highest BCUT2D eigenvalue weighted by Crippen LogP contribution is 2.24. The predicted octanol–water partition coefficient (Wildman–Crippen LogP) is 2.73. The van der Waals surface area contributed by atoms with Gasteiger partial charge in [0.15, 0.2) is 0 Å². The number of carboxylic acids is 1. The average Bonchev–Trinajstić information content (AvgIpc) is 2.33. The molecule has 1 aliphatic rings. The van der Waals surface area contributed by atoms with Crippen LogP contribution in [-0.4, -0.2) is 46.7 Å². The van der Waals surface area contributed by atoms with Gasteiger partial charge in [-0.15, -0.1) is 0 Å². The number of nitrogens with one attached hydrogen (secondary N) is 1. The number of carboxylic acid groups (broad SMARTS) is 1. The highest BCUT2D eigenvalue weighted by Gasteiger charge is 2.33. The van der Waals surface area contributed by atoms with Crippen molar-refractivity contribution in [1.29, 1.82) is 0 Å². The molecule has 1 fully saturated rings. The third kappa shape index (κ3) is 4.74. The molecule has 0 radical (unpaired) electrons. The third-order valence-electron chi connectivity index (χ3n) is 4.71. The predicted molar refractivity (Wildman–Crippen MR) is 83.0 cm³/mol. The van der Waals surface area contributed by atoms with Crippen molar-refractivity contribution in [1.82, 2.24) is 10.2 Å². The minimum Gasteiger partial charge on any atom is -0.480 e. The fourth-order valence-electron chi connectivity index (χ4n) is 3.25. The molecule has 2 N–H and O–H groups in total. The Bertz CT molecular complexity index is 320. The average molecular weight is 284 g/mol. The number of nitrogens with zero attached hydrogens (tertiary/aromatic N) is 1. The van der Waals surface area contributed by atoms with Crippen LogP contribution >= 0.6 is 0 Å². The third-order valence-corrected chi connectivity index (χ3v) is 4.71. The van der Waals surface area contributed by atoms with Crippen molar-refractivity contribution in [2.45, 2.75) is 77.9 Å². The van der Waals surface area contributed by atoms with Gasteiger partial charge in [-0.3, -0.25) is 10.1 Å². The molecule has 1 saturated heterocycles. The zero-order chi connectivity index (χ0) is 15.3. The van der Waals surface area contributed by atoms with Gasteiger partial charge in [0.2, 0.25) is 0 Å². The number of likely N-dealkylation sites (tertiary alicyclic amines) is 1. The molecule has 1 aliphatic heterocycles. The molecule has 0 amide bonds. The van der Waals surface area contributed by atoms with E-state index in [1.165, 1.54) is 12.8 Å². The summed E-state index contributed by atoms with van der Waals surface area (Å²) >= 11 is 0. The normalized spacial score (nSPS) is 27.5. The highest BCUT2D eigenvalue weighted by molar-refractivity contribution is 5.78. The van der Waals surface area contributed by atoms with Crippen LogP contribution in [0.25, 0.3) is 0 Å².